The van der Waals surface area contributed by atoms with Gasteiger partial charge in [-0.05, 0) is 48.5 Å². The zero-order valence-electron chi connectivity index (χ0n) is 16.5. The van der Waals surface area contributed by atoms with E-state index in [0.29, 0.717) is 31.6 Å². The molecule has 2 N–H and O–H groups in total. The van der Waals surface area contributed by atoms with Crippen molar-refractivity contribution in [3.05, 3.63) is 97.3 Å². The third-order valence-corrected chi connectivity index (χ3v) is 6.37. The number of benzene rings is 3. The largest absolute Gasteiger partial charge is 0.322 e. The Balaban J connectivity index is 1.50. The Morgan fingerprint density at radius 2 is 1.36 bits per heavy atom. The highest BCUT2D eigenvalue weighted by atomic mass is 35.5. The van der Waals surface area contributed by atoms with Gasteiger partial charge in [0.1, 0.15) is 0 Å². The fourth-order valence-corrected chi connectivity index (χ4v) is 4.39. The molecule has 0 spiro atoms. The minimum atomic E-state index is -0.414. The fraction of sp³-hybridized carbons (Fsp3) is 0. The predicted octanol–water partition coefficient (Wildman–Crippen LogP) is 7.93. The van der Waals surface area contributed by atoms with Gasteiger partial charge in [-0.25, -0.2) is 4.98 Å². The summed E-state index contributed by atoms with van der Waals surface area (Å²) in [6.45, 7) is 0. The standard InChI is InChI=1S/C23H13Cl4N3O2S/c24-13-4-6-18(26)16(9-13)21(31)28-15-3-1-2-12(8-15)20-11-33-23(29-20)30-22(32)17-10-14(25)5-7-19(17)27/h1-11H,(H,28,31)(H,29,30,32). The lowest BCUT2D eigenvalue weighted by Crippen LogP contribution is -2.12. The zero-order valence-corrected chi connectivity index (χ0v) is 20.4. The number of halogens is 4. The number of thiazole rings is 1. The van der Waals surface area contributed by atoms with Gasteiger partial charge in [0.15, 0.2) is 5.13 Å². The second kappa shape index (κ2) is 10.1. The van der Waals surface area contributed by atoms with Crippen LogP contribution in [-0.2, 0) is 0 Å². The second-order valence-electron chi connectivity index (χ2n) is 6.78. The summed E-state index contributed by atoms with van der Waals surface area (Å²) < 4.78 is 0. The van der Waals surface area contributed by atoms with Crippen LogP contribution < -0.4 is 10.6 Å². The first-order valence-corrected chi connectivity index (χ1v) is 11.8. The Morgan fingerprint density at radius 3 is 2.00 bits per heavy atom. The Hall–Kier alpha value is -2.61. The molecule has 0 aliphatic rings. The molecule has 3 aromatic carbocycles. The summed E-state index contributed by atoms with van der Waals surface area (Å²) in [6.07, 6.45) is 0. The van der Waals surface area contributed by atoms with Gasteiger partial charge in [0.25, 0.3) is 11.8 Å². The Labute approximate surface area is 213 Å². The molecule has 33 heavy (non-hydrogen) atoms. The molecule has 0 aliphatic heterocycles. The highest BCUT2D eigenvalue weighted by Gasteiger charge is 2.15. The Bertz CT molecular complexity index is 1370. The van der Waals surface area contributed by atoms with Crippen LogP contribution in [0.3, 0.4) is 0 Å². The van der Waals surface area contributed by atoms with Crippen LogP contribution in [0, 0.1) is 0 Å². The van der Waals surface area contributed by atoms with Gasteiger partial charge in [-0.1, -0.05) is 58.5 Å². The van der Waals surface area contributed by atoms with E-state index < -0.39 is 5.91 Å². The number of carbonyl (C=O) groups excluding carboxylic acids is 2. The number of nitrogens with zero attached hydrogens (tertiary/aromatic N) is 1. The molecule has 4 rings (SSSR count). The van der Waals surface area contributed by atoms with E-state index in [1.54, 1.807) is 47.8 Å². The highest BCUT2D eigenvalue weighted by molar-refractivity contribution is 7.14. The van der Waals surface area contributed by atoms with Gasteiger partial charge in [0.05, 0.1) is 26.9 Å². The van der Waals surface area contributed by atoms with Crippen LogP contribution in [-0.4, -0.2) is 16.8 Å². The lowest BCUT2D eigenvalue weighted by molar-refractivity contribution is 0.101. The highest BCUT2D eigenvalue weighted by Crippen LogP contribution is 2.29. The van der Waals surface area contributed by atoms with Crippen LogP contribution >= 0.6 is 57.7 Å². The average molecular weight is 537 g/mol. The number of hydrogen-bond donors (Lipinski definition) is 2. The van der Waals surface area contributed by atoms with Crippen molar-refractivity contribution >= 4 is 80.4 Å². The molecule has 5 nitrogen and oxygen atoms in total. The van der Waals surface area contributed by atoms with Crippen molar-refractivity contribution in [3.63, 3.8) is 0 Å². The number of hydrogen-bond acceptors (Lipinski definition) is 4. The molecule has 166 valence electrons. The van der Waals surface area contributed by atoms with E-state index in [9.17, 15) is 9.59 Å². The van der Waals surface area contributed by atoms with Gasteiger partial charge in [-0.15, -0.1) is 11.3 Å². The Morgan fingerprint density at radius 1 is 0.758 bits per heavy atom. The van der Waals surface area contributed by atoms with E-state index in [2.05, 4.69) is 15.6 Å². The third-order valence-electron chi connectivity index (χ3n) is 4.49. The van der Waals surface area contributed by atoms with E-state index in [4.69, 9.17) is 46.4 Å². The summed E-state index contributed by atoms with van der Waals surface area (Å²) in [6, 6.07) is 16.5. The summed E-state index contributed by atoms with van der Waals surface area (Å²) in [4.78, 5) is 29.6. The van der Waals surface area contributed by atoms with E-state index in [1.807, 2.05) is 6.07 Å². The normalized spacial score (nSPS) is 10.7. The molecule has 0 atom stereocenters. The molecule has 1 heterocycles. The quantitative estimate of drug-likeness (QED) is 0.272. The van der Waals surface area contributed by atoms with Gasteiger partial charge in [0, 0.05) is 26.7 Å². The van der Waals surface area contributed by atoms with Gasteiger partial charge in [0.2, 0.25) is 0 Å². The van der Waals surface area contributed by atoms with Gasteiger partial charge < -0.3 is 5.32 Å². The van der Waals surface area contributed by atoms with Gasteiger partial charge in [-0.3, -0.25) is 14.9 Å². The zero-order chi connectivity index (χ0) is 23.5. The molecule has 2 amide bonds. The lowest BCUT2D eigenvalue weighted by atomic mass is 10.1. The molecule has 0 saturated carbocycles. The van der Waals surface area contributed by atoms with Gasteiger partial charge in [-0.2, -0.15) is 0 Å². The molecule has 0 saturated heterocycles. The monoisotopic (exact) mass is 535 g/mol. The summed E-state index contributed by atoms with van der Waals surface area (Å²) in [5, 5.41) is 9.12. The van der Waals surface area contributed by atoms with Crippen molar-refractivity contribution in [1.82, 2.24) is 4.98 Å². The molecule has 4 aromatic rings. The summed E-state index contributed by atoms with van der Waals surface area (Å²) in [5.41, 5.74) is 2.46. The third kappa shape index (κ3) is 5.66. The molecule has 10 heteroatoms. The van der Waals surface area contributed by atoms with E-state index in [0.717, 1.165) is 5.56 Å². The van der Waals surface area contributed by atoms with E-state index >= 15 is 0 Å². The van der Waals surface area contributed by atoms with Crippen LogP contribution in [0.15, 0.2) is 66.0 Å². The van der Waals surface area contributed by atoms with Crippen molar-refractivity contribution in [1.29, 1.82) is 0 Å². The number of rotatable bonds is 5. The van der Waals surface area contributed by atoms with Crippen LogP contribution in [0.5, 0.6) is 0 Å². The molecule has 0 aliphatic carbocycles. The molecule has 0 bridgehead atoms. The summed E-state index contributed by atoms with van der Waals surface area (Å²) in [7, 11) is 0. The number of nitrogens with one attached hydrogen (secondary N) is 2. The number of amides is 2. The minimum Gasteiger partial charge on any atom is -0.322 e. The van der Waals surface area contributed by atoms with Crippen LogP contribution in [0.2, 0.25) is 20.1 Å². The van der Waals surface area contributed by atoms with Crippen molar-refractivity contribution < 1.29 is 9.59 Å². The van der Waals surface area contributed by atoms with Crippen LogP contribution in [0.25, 0.3) is 11.3 Å². The van der Waals surface area contributed by atoms with E-state index in [1.165, 1.54) is 23.5 Å². The first-order valence-electron chi connectivity index (χ1n) is 9.39. The maximum absolute atomic E-state index is 12.6. The smallest absolute Gasteiger partial charge is 0.259 e. The molecule has 1 aromatic heterocycles. The molecule has 0 radical (unpaired) electrons. The maximum atomic E-state index is 12.6. The van der Waals surface area contributed by atoms with Gasteiger partial charge >= 0.3 is 0 Å². The molecule has 0 unspecified atom stereocenters. The average Bonchev–Trinajstić information content (AvgIpc) is 3.25. The fourth-order valence-electron chi connectivity index (χ4n) is 2.93. The first-order chi connectivity index (χ1) is 15.8. The van der Waals surface area contributed by atoms with E-state index in [-0.39, 0.29) is 22.1 Å². The number of aromatic nitrogens is 1. The second-order valence-corrected chi connectivity index (χ2v) is 9.32. The van der Waals surface area contributed by atoms with Crippen LogP contribution in [0.1, 0.15) is 20.7 Å². The minimum absolute atomic E-state index is 0.255. The SMILES string of the molecule is O=C(Nc1cccc(-c2csc(NC(=O)c3cc(Cl)ccc3Cl)n2)c1)c1cc(Cl)ccc1Cl. The predicted molar refractivity (Wildman–Crippen MR) is 136 cm³/mol. The summed E-state index contributed by atoms with van der Waals surface area (Å²) >= 11 is 25.4. The van der Waals surface area contributed by atoms with Crippen LogP contribution in [0.4, 0.5) is 10.8 Å². The van der Waals surface area contributed by atoms with Crippen molar-refractivity contribution in [2.75, 3.05) is 10.6 Å². The van der Waals surface area contributed by atoms with Crippen molar-refractivity contribution in [2.45, 2.75) is 0 Å². The van der Waals surface area contributed by atoms with Crippen molar-refractivity contribution in [2.24, 2.45) is 0 Å². The summed E-state index contributed by atoms with van der Waals surface area (Å²) in [5.74, 6) is -0.799. The molecule has 0 fully saturated rings. The number of anilines is 2. The molecular weight excluding hydrogens is 524 g/mol. The molecular formula is C23H13Cl4N3O2S. The lowest BCUT2D eigenvalue weighted by Gasteiger charge is -2.08. The first kappa shape index (κ1) is 23.5. The topological polar surface area (TPSA) is 71.1 Å². The number of carbonyl (C=O) groups is 2. The van der Waals surface area contributed by atoms with Crippen molar-refractivity contribution in [3.8, 4) is 11.3 Å². The Kier molecular flexibility index (Phi) is 7.22. The maximum Gasteiger partial charge on any atom is 0.259 e.